The second kappa shape index (κ2) is 11.7. The minimum Gasteiger partial charge on any atom is -0.464 e. The van der Waals surface area contributed by atoms with E-state index >= 15 is 0 Å². The highest BCUT2D eigenvalue weighted by atomic mass is 19.4. The molecule has 0 N–H and O–H groups in total. The highest BCUT2D eigenvalue weighted by Gasteiger charge is 2.33. The number of anilines is 2. The number of carbonyl (C=O) groups excluding carboxylic acids is 1. The van der Waals surface area contributed by atoms with Gasteiger partial charge in [0.15, 0.2) is 11.7 Å². The van der Waals surface area contributed by atoms with E-state index in [1.807, 2.05) is 29.7 Å². The fourth-order valence-corrected chi connectivity index (χ4v) is 4.52. The monoisotopic (exact) mass is 525 g/mol. The third-order valence-corrected chi connectivity index (χ3v) is 6.95. The first kappa shape index (κ1) is 27.2. The first-order valence-corrected chi connectivity index (χ1v) is 12.7. The smallest absolute Gasteiger partial charge is 0.416 e. The predicted molar refractivity (Wildman–Crippen MR) is 139 cm³/mol. The van der Waals surface area contributed by atoms with Crippen molar-refractivity contribution in [3.05, 3.63) is 59.8 Å². The van der Waals surface area contributed by atoms with E-state index in [2.05, 4.69) is 11.1 Å². The van der Waals surface area contributed by atoms with E-state index in [9.17, 15) is 23.2 Å². The van der Waals surface area contributed by atoms with Gasteiger partial charge < -0.3 is 14.5 Å². The Morgan fingerprint density at radius 1 is 1.00 bits per heavy atom. The average molecular weight is 526 g/mol. The normalized spacial score (nSPS) is 15.0. The molecule has 200 valence electrons. The molecule has 0 saturated carbocycles. The molecule has 1 fully saturated rings. The minimum absolute atomic E-state index is 0.212. The van der Waals surface area contributed by atoms with Crippen molar-refractivity contribution in [1.29, 1.82) is 5.26 Å². The van der Waals surface area contributed by atoms with Crippen LogP contribution in [0.15, 0.2) is 48.5 Å². The van der Waals surface area contributed by atoms with Crippen LogP contribution in [0.2, 0.25) is 0 Å². The molecule has 0 unspecified atom stereocenters. The summed E-state index contributed by atoms with van der Waals surface area (Å²) in [6.45, 7) is 6.01. The van der Waals surface area contributed by atoms with Crippen LogP contribution in [0.5, 0.6) is 0 Å². The van der Waals surface area contributed by atoms with Crippen LogP contribution < -0.4 is 9.80 Å². The molecule has 2 aromatic carbocycles. The molecule has 1 aromatic heterocycles. The van der Waals surface area contributed by atoms with Gasteiger partial charge in [-0.05, 0) is 36.2 Å². The van der Waals surface area contributed by atoms with E-state index in [1.54, 1.807) is 24.3 Å². The molecule has 3 aromatic rings. The van der Waals surface area contributed by atoms with Gasteiger partial charge in [-0.2, -0.15) is 18.4 Å². The molecule has 0 aliphatic carbocycles. The molecular weight excluding hydrogens is 495 g/mol. The zero-order valence-corrected chi connectivity index (χ0v) is 21.4. The van der Waals surface area contributed by atoms with E-state index in [-0.39, 0.29) is 18.2 Å². The summed E-state index contributed by atoms with van der Waals surface area (Å²) in [4.78, 5) is 26.2. The molecule has 0 amide bonds. The molecule has 4 rings (SSSR count). The van der Waals surface area contributed by atoms with Crippen molar-refractivity contribution >= 4 is 28.5 Å². The van der Waals surface area contributed by atoms with E-state index in [1.165, 1.54) is 6.07 Å². The second-order valence-electron chi connectivity index (χ2n) is 9.32. The van der Waals surface area contributed by atoms with Crippen molar-refractivity contribution in [2.75, 3.05) is 42.6 Å². The second-order valence-corrected chi connectivity index (χ2v) is 9.32. The number of benzene rings is 2. The van der Waals surface area contributed by atoms with Gasteiger partial charge >= 0.3 is 12.1 Å². The van der Waals surface area contributed by atoms with Gasteiger partial charge in [0.05, 0.1) is 29.3 Å². The van der Waals surface area contributed by atoms with Crippen molar-refractivity contribution in [2.45, 2.75) is 38.8 Å². The highest BCUT2D eigenvalue weighted by Crippen LogP contribution is 2.33. The Morgan fingerprint density at radius 3 is 2.24 bits per heavy atom. The molecular formula is C28H30F3N5O2. The number of nitrogens with zero attached hydrogens (tertiary/aromatic N) is 5. The number of rotatable bonds is 8. The number of ether oxygens (including phenoxy) is 1. The number of esters is 1. The van der Waals surface area contributed by atoms with Gasteiger partial charge in [-0.3, -0.25) is 4.79 Å². The fourth-order valence-electron chi connectivity index (χ4n) is 4.52. The van der Waals surface area contributed by atoms with Crippen molar-refractivity contribution < 1.29 is 22.7 Å². The summed E-state index contributed by atoms with van der Waals surface area (Å²) in [5, 5.41) is 9.97. The lowest BCUT2D eigenvalue weighted by Gasteiger charge is -2.37. The molecule has 10 heteroatoms. The van der Waals surface area contributed by atoms with Crippen molar-refractivity contribution in [3.63, 3.8) is 0 Å². The van der Waals surface area contributed by atoms with E-state index in [0.717, 1.165) is 25.0 Å². The molecule has 1 aliphatic rings. The zero-order chi connectivity index (χ0) is 27.3. The number of fused-ring (bicyclic) bond motifs is 1. The molecule has 7 nitrogen and oxygen atoms in total. The van der Waals surface area contributed by atoms with Gasteiger partial charge in [0.25, 0.3) is 0 Å². The quantitative estimate of drug-likeness (QED) is 0.356. The van der Waals surface area contributed by atoms with Crippen LogP contribution in [-0.4, -0.2) is 48.7 Å². The summed E-state index contributed by atoms with van der Waals surface area (Å²) in [6, 6.07) is 14.5. The van der Waals surface area contributed by atoms with Crippen LogP contribution in [0.1, 0.15) is 43.9 Å². The number of piperazine rings is 1. The van der Waals surface area contributed by atoms with Crippen molar-refractivity contribution in [1.82, 2.24) is 9.97 Å². The lowest BCUT2D eigenvalue weighted by Crippen LogP contribution is -2.47. The number of hydrogen-bond donors (Lipinski definition) is 0. The molecule has 0 spiro atoms. The first-order chi connectivity index (χ1) is 18.2. The molecule has 1 atom stereocenters. The van der Waals surface area contributed by atoms with E-state index in [0.29, 0.717) is 48.7 Å². The highest BCUT2D eigenvalue weighted by molar-refractivity contribution is 5.85. The van der Waals surface area contributed by atoms with Gasteiger partial charge in [0, 0.05) is 31.9 Å². The fraction of sp³-hybridized carbons (Fsp3) is 0.429. The molecule has 1 aliphatic heterocycles. The Hall–Kier alpha value is -3.87. The molecule has 1 saturated heterocycles. The predicted octanol–water partition coefficient (Wildman–Crippen LogP) is 5.56. The summed E-state index contributed by atoms with van der Waals surface area (Å²) in [6.07, 6.45) is -2.70. The number of para-hydroxylation sites is 2. The summed E-state index contributed by atoms with van der Waals surface area (Å²) >= 11 is 0. The maximum absolute atomic E-state index is 13.2. The summed E-state index contributed by atoms with van der Waals surface area (Å²) in [5.41, 5.74) is 1.21. The van der Waals surface area contributed by atoms with E-state index < -0.39 is 23.6 Å². The van der Waals surface area contributed by atoms with Crippen LogP contribution in [0.25, 0.3) is 11.0 Å². The Bertz CT molecular complexity index is 1310. The van der Waals surface area contributed by atoms with Crippen LogP contribution >= 0.6 is 0 Å². The maximum atomic E-state index is 13.2. The molecule has 0 bridgehead atoms. The van der Waals surface area contributed by atoms with Gasteiger partial charge in [0.2, 0.25) is 0 Å². The number of hydrogen-bond acceptors (Lipinski definition) is 7. The number of carbonyl (C=O) groups is 1. The van der Waals surface area contributed by atoms with E-state index in [4.69, 9.17) is 9.72 Å². The van der Waals surface area contributed by atoms with Gasteiger partial charge in [-0.1, -0.05) is 44.9 Å². The van der Waals surface area contributed by atoms with Crippen LogP contribution in [-0.2, 0) is 15.7 Å². The van der Waals surface area contributed by atoms with Gasteiger partial charge in [-0.25, -0.2) is 9.97 Å². The van der Waals surface area contributed by atoms with Crippen LogP contribution in [0, 0.1) is 17.2 Å². The van der Waals surface area contributed by atoms with Crippen molar-refractivity contribution in [3.8, 4) is 6.07 Å². The summed E-state index contributed by atoms with van der Waals surface area (Å²) < 4.78 is 45.1. The third-order valence-electron chi connectivity index (χ3n) is 6.95. The largest absolute Gasteiger partial charge is 0.464 e. The Balaban J connectivity index is 1.59. The molecule has 38 heavy (non-hydrogen) atoms. The lowest BCUT2D eigenvalue weighted by atomic mass is 10.0. The first-order valence-electron chi connectivity index (χ1n) is 12.7. The van der Waals surface area contributed by atoms with Gasteiger partial charge in [0.1, 0.15) is 5.69 Å². The average Bonchev–Trinajstić information content (AvgIpc) is 2.93. The number of aromatic nitrogens is 2. The maximum Gasteiger partial charge on any atom is 0.416 e. The molecule has 0 radical (unpaired) electrons. The van der Waals surface area contributed by atoms with Gasteiger partial charge in [-0.15, -0.1) is 0 Å². The minimum atomic E-state index is -4.41. The van der Waals surface area contributed by atoms with Crippen LogP contribution in [0.3, 0.4) is 0 Å². The summed E-state index contributed by atoms with van der Waals surface area (Å²) in [5.74, 6) is -1.28. The topological polar surface area (TPSA) is 82.3 Å². The van der Waals surface area contributed by atoms with Crippen LogP contribution in [0.4, 0.5) is 24.7 Å². The number of nitriles is 1. The zero-order valence-electron chi connectivity index (χ0n) is 21.4. The standard InChI is InChI=1S/C28H30F3N5O2/c1-3-19(4-2)18-38-27(37)22(17-32)25-26(34-24-11-6-5-10-23(24)33-25)36-14-12-35(13-15-36)21-9-7-8-20(16-21)28(29,30)31/h5-11,16,19,22H,3-4,12-15,18H2,1-2H3/t22-/m1/s1. The Morgan fingerprint density at radius 2 is 1.63 bits per heavy atom. The number of alkyl halides is 3. The Kier molecular flexibility index (Phi) is 8.35. The summed E-state index contributed by atoms with van der Waals surface area (Å²) in [7, 11) is 0. The molecule has 2 heterocycles. The third kappa shape index (κ3) is 5.98. The Labute approximate surface area is 219 Å². The SMILES string of the molecule is CCC(CC)COC(=O)[C@H](C#N)c1nc2ccccc2nc1N1CCN(c2cccc(C(F)(F)F)c2)CC1. The number of halogens is 3. The lowest BCUT2D eigenvalue weighted by molar-refractivity contribution is -0.145. The van der Waals surface area contributed by atoms with Crippen molar-refractivity contribution in [2.24, 2.45) is 5.92 Å².